The van der Waals surface area contributed by atoms with Crippen LogP contribution in [0.3, 0.4) is 0 Å². The zero-order valence-electron chi connectivity index (χ0n) is 12.7. The molecule has 0 bridgehead atoms. The second-order valence-corrected chi connectivity index (χ2v) is 6.02. The average molecular weight is 276 g/mol. The molecule has 0 saturated carbocycles. The van der Waals surface area contributed by atoms with Gasteiger partial charge in [-0.05, 0) is 38.9 Å². The van der Waals surface area contributed by atoms with E-state index >= 15 is 0 Å². The minimum Gasteiger partial charge on any atom is -0.496 e. The first-order valence-corrected chi connectivity index (χ1v) is 7.12. The number of nitrogens with one attached hydrogen (secondary N) is 2. The minimum atomic E-state index is -0.449. The van der Waals surface area contributed by atoms with Crippen LogP contribution in [0.5, 0.6) is 5.75 Å². The molecular weight excluding hydrogens is 252 g/mol. The highest BCUT2D eigenvalue weighted by atomic mass is 16.5. The number of benzene rings is 1. The number of amides is 1. The molecule has 2 N–H and O–H groups in total. The van der Waals surface area contributed by atoms with Gasteiger partial charge in [-0.15, -0.1) is 0 Å². The number of carbonyl (C=O) groups is 1. The van der Waals surface area contributed by atoms with Crippen LogP contribution in [0.25, 0.3) is 0 Å². The topological polar surface area (TPSA) is 50.4 Å². The summed E-state index contributed by atoms with van der Waals surface area (Å²) in [5, 5.41) is 6.36. The van der Waals surface area contributed by atoms with Gasteiger partial charge in [0.05, 0.1) is 12.6 Å². The Bertz CT molecular complexity index is 481. The fraction of sp³-hybridized carbons (Fsp3) is 0.562. The normalized spacial score (nSPS) is 17.2. The molecule has 1 aliphatic rings. The van der Waals surface area contributed by atoms with Crippen LogP contribution in [0.2, 0.25) is 0 Å². The van der Waals surface area contributed by atoms with Gasteiger partial charge in [-0.3, -0.25) is 4.79 Å². The summed E-state index contributed by atoms with van der Waals surface area (Å²) in [6.45, 7) is 7.88. The molecule has 1 unspecified atom stereocenters. The summed E-state index contributed by atoms with van der Waals surface area (Å²) in [6.07, 6.45) is 0. The Labute approximate surface area is 120 Å². The van der Waals surface area contributed by atoms with Crippen LogP contribution in [-0.4, -0.2) is 26.1 Å². The highest BCUT2D eigenvalue weighted by molar-refractivity contribution is 5.79. The van der Waals surface area contributed by atoms with E-state index in [0.29, 0.717) is 5.92 Å². The molecule has 20 heavy (non-hydrogen) atoms. The average Bonchev–Trinajstić information content (AvgIpc) is 2.36. The van der Waals surface area contributed by atoms with Crippen molar-refractivity contribution in [3.8, 4) is 5.75 Å². The minimum absolute atomic E-state index is 0.0326. The van der Waals surface area contributed by atoms with Crippen molar-refractivity contribution in [2.75, 3.05) is 20.2 Å². The van der Waals surface area contributed by atoms with Crippen LogP contribution < -0.4 is 15.4 Å². The zero-order chi connectivity index (χ0) is 14.8. The molecule has 0 radical (unpaired) electrons. The largest absolute Gasteiger partial charge is 0.496 e. The lowest BCUT2D eigenvalue weighted by Crippen LogP contribution is -2.52. The Hall–Kier alpha value is -1.55. The number of ether oxygens (including phenoxy) is 1. The molecule has 0 aromatic heterocycles. The summed E-state index contributed by atoms with van der Waals surface area (Å²) in [4.78, 5) is 12.4. The number of para-hydroxylation sites is 1. The van der Waals surface area contributed by atoms with Crippen LogP contribution in [0.15, 0.2) is 24.3 Å². The molecule has 1 heterocycles. The van der Waals surface area contributed by atoms with Crippen molar-refractivity contribution in [2.45, 2.75) is 26.3 Å². The van der Waals surface area contributed by atoms with Crippen molar-refractivity contribution in [3.05, 3.63) is 29.8 Å². The molecule has 4 nitrogen and oxygen atoms in total. The SMILES string of the molecule is COc1ccccc1C(C)(C)NC(=O)C(C)C1CNC1. The Morgan fingerprint density at radius 3 is 2.60 bits per heavy atom. The lowest BCUT2D eigenvalue weighted by Gasteiger charge is -2.35. The molecule has 1 aromatic carbocycles. The van der Waals surface area contributed by atoms with Crippen LogP contribution in [0.4, 0.5) is 0 Å². The van der Waals surface area contributed by atoms with Crippen molar-refractivity contribution in [1.82, 2.24) is 10.6 Å². The predicted octanol–water partition coefficient (Wildman–Crippen LogP) is 1.90. The van der Waals surface area contributed by atoms with E-state index < -0.39 is 5.54 Å². The van der Waals surface area contributed by atoms with Gasteiger partial charge in [-0.25, -0.2) is 0 Å². The summed E-state index contributed by atoms with van der Waals surface area (Å²) in [6, 6.07) is 7.81. The van der Waals surface area contributed by atoms with Gasteiger partial charge >= 0.3 is 0 Å². The zero-order valence-corrected chi connectivity index (χ0v) is 12.7. The molecule has 1 fully saturated rings. The maximum absolute atomic E-state index is 12.4. The lowest BCUT2D eigenvalue weighted by atomic mass is 9.86. The van der Waals surface area contributed by atoms with E-state index in [-0.39, 0.29) is 11.8 Å². The van der Waals surface area contributed by atoms with Crippen LogP contribution >= 0.6 is 0 Å². The fourth-order valence-corrected chi connectivity index (χ4v) is 2.53. The molecule has 4 heteroatoms. The van der Waals surface area contributed by atoms with Crippen molar-refractivity contribution in [2.24, 2.45) is 11.8 Å². The van der Waals surface area contributed by atoms with Crippen molar-refractivity contribution in [1.29, 1.82) is 0 Å². The van der Waals surface area contributed by atoms with Gasteiger partial charge < -0.3 is 15.4 Å². The third-order valence-corrected chi connectivity index (χ3v) is 4.15. The molecule has 1 aliphatic heterocycles. The fourth-order valence-electron chi connectivity index (χ4n) is 2.53. The lowest BCUT2D eigenvalue weighted by molar-refractivity contribution is -0.128. The van der Waals surface area contributed by atoms with Gasteiger partial charge in [0.2, 0.25) is 5.91 Å². The van der Waals surface area contributed by atoms with Crippen LogP contribution in [0.1, 0.15) is 26.3 Å². The Morgan fingerprint density at radius 1 is 1.40 bits per heavy atom. The van der Waals surface area contributed by atoms with E-state index in [9.17, 15) is 4.79 Å². The van der Waals surface area contributed by atoms with Gasteiger partial charge in [0.1, 0.15) is 5.75 Å². The number of hydrogen-bond acceptors (Lipinski definition) is 3. The smallest absolute Gasteiger partial charge is 0.223 e. The second kappa shape index (κ2) is 5.83. The van der Waals surface area contributed by atoms with E-state index in [1.165, 1.54) is 0 Å². The van der Waals surface area contributed by atoms with Gasteiger partial charge in [0, 0.05) is 11.5 Å². The highest BCUT2D eigenvalue weighted by Crippen LogP contribution is 2.30. The quantitative estimate of drug-likeness (QED) is 0.863. The van der Waals surface area contributed by atoms with E-state index in [1.54, 1.807) is 7.11 Å². The molecule has 1 saturated heterocycles. The van der Waals surface area contributed by atoms with Crippen molar-refractivity contribution < 1.29 is 9.53 Å². The first-order chi connectivity index (χ1) is 9.45. The van der Waals surface area contributed by atoms with Gasteiger partial charge in [0.25, 0.3) is 0 Å². The second-order valence-electron chi connectivity index (χ2n) is 6.02. The molecular formula is C16H24N2O2. The summed E-state index contributed by atoms with van der Waals surface area (Å²) in [5.74, 6) is 1.39. The van der Waals surface area contributed by atoms with E-state index in [4.69, 9.17) is 4.74 Å². The summed E-state index contributed by atoms with van der Waals surface area (Å²) in [7, 11) is 1.65. The van der Waals surface area contributed by atoms with Crippen molar-refractivity contribution in [3.63, 3.8) is 0 Å². The third kappa shape index (κ3) is 2.96. The third-order valence-electron chi connectivity index (χ3n) is 4.15. The number of methoxy groups -OCH3 is 1. The molecule has 1 aromatic rings. The van der Waals surface area contributed by atoms with Gasteiger partial charge in [-0.1, -0.05) is 25.1 Å². The van der Waals surface area contributed by atoms with Crippen LogP contribution in [0, 0.1) is 11.8 Å². The molecule has 1 amide bonds. The predicted molar refractivity (Wildman–Crippen MR) is 79.7 cm³/mol. The number of rotatable bonds is 5. The monoisotopic (exact) mass is 276 g/mol. The summed E-state index contributed by atoms with van der Waals surface area (Å²) < 4.78 is 5.39. The highest BCUT2D eigenvalue weighted by Gasteiger charge is 2.33. The molecule has 110 valence electrons. The van der Waals surface area contributed by atoms with E-state index in [0.717, 1.165) is 24.4 Å². The molecule has 0 spiro atoms. The van der Waals surface area contributed by atoms with Crippen LogP contribution in [-0.2, 0) is 10.3 Å². The maximum atomic E-state index is 12.4. The maximum Gasteiger partial charge on any atom is 0.223 e. The standard InChI is InChI=1S/C16H24N2O2/c1-11(12-9-17-10-12)15(19)18-16(2,3)13-7-5-6-8-14(13)20-4/h5-8,11-12,17H,9-10H2,1-4H3,(H,18,19). The molecule has 2 rings (SSSR count). The molecule has 1 atom stereocenters. The Morgan fingerprint density at radius 2 is 2.05 bits per heavy atom. The van der Waals surface area contributed by atoms with Gasteiger partial charge in [0.15, 0.2) is 0 Å². The van der Waals surface area contributed by atoms with E-state index in [2.05, 4.69) is 10.6 Å². The summed E-state index contributed by atoms with van der Waals surface area (Å²) >= 11 is 0. The number of carbonyl (C=O) groups excluding carboxylic acids is 1. The first-order valence-electron chi connectivity index (χ1n) is 7.12. The van der Waals surface area contributed by atoms with E-state index in [1.807, 2.05) is 45.0 Å². The van der Waals surface area contributed by atoms with Gasteiger partial charge in [-0.2, -0.15) is 0 Å². The first kappa shape index (κ1) is 14.9. The molecule has 0 aliphatic carbocycles. The Balaban J connectivity index is 2.11. The Kier molecular flexibility index (Phi) is 4.33. The summed E-state index contributed by atoms with van der Waals surface area (Å²) in [5.41, 5.74) is 0.546. The number of hydrogen-bond donors (Lipinski definition) is 2. The van der Waals surface area contributed by atoms with Crippen molar-refractivity contribution >= 4 is 5.91 Å².